The number of hydrogen-bond donors (Lipinski definition) is 2. The van der Waals surface area contributed by atoms with Gasteiger partial charge in [-0.3, -0.25) is 4.79 Å². The van der Waals surface area contributed by atoms with E-state index >= 15 is 0 Å². The molecular formula is C19H21ClN2O3. The molecule has 0 aliphatic carbocycles. The average Bonchev–Trinajstić information content (AvgIpc) is 2.56. The molecule has 5 nitrogen and oxygen atoms in total. The number of phenols is 1. The summed E-state index contributed by atoms with van der Waals surface area (Å²) >= 11 is 5.83. The van der Waals surface area contributed by atoms with E-state index in [0.717, 1.165) is 0 Å². The zero-order valence-electron chi connectivity index (χ0n) is 14.4. The average molecular weight is 361 g/mol. The van der Waals surface area contributed by atoms with E-state index < -0.39 is 5.91 Å². The van der Waals surface area contributed by atoms with Crippen LogP contribution in [-0.2, 0) is 10.2 Å². The largest absolute Gasteiger partial charge is 0.507 e. The number of benzene rings is 2. The first kappa shape index (κ1) is 18.8. The molecule has 0 heterocycles. The first-order valence-electron chi connectivity index (χ1n) is 7.79. The number of carbonyl (C=O) groups excluding carboxylic acids is 1. The minimum Gasteiger partial charge on any atom is -0.507 e. The van der Waals surface area contributed by atoms with Gasteiger partial charge in [0.05, 0.1) is 6.21 Å². The summed E-state index contributed by atoms with van der Waals surface area (Å²) < 4.78 is 5.42. The minimum atomic E-state index is -0.405. The second kappa shape index (κ2) is 8.03. The van der Waals surface area contributed by atoms with Crippen LogP contribution in [0.2, 0.25) is 5.02 Å². The second-order valence-corrected chi connectivity index (χ2v) is 7.00. The highest BCUT2D eigenvalue weighted by Gasteiger charge is 2.13. The Balaban J connectivity index is 1.84. The van der Waals surface area contributed by atoms with Crippen molar-refractivity contribution < 1.29 is 14.6 Å². The summed E-state index contributed by atoms with van der Waals surface area (Å²) in [6, 6.07) is 12.2. The lowest BCUT2D eigenvalue weighted by molar-refractivity contribution is -0.123. The van der Waals surface area contributed by atoms with E-state index in [1.54, 1.807) is 12.1 Å². The minimum absolute atomic E-state index is 0.0255. The molecule has 0 aromatic heterocycles. The molecule has 2 aromatic rings. The molecule has 0 aliphatic heterocycles. The van der Waals surface area contributed by atoms with Gasteiger partial charge in [-0.25, -0.2) is 5.43 Å². The van der Waals surface area contributed by atoms with Crippen LogP contribution in [0.25, 0.3) is 0 Å². The Morgan fingerprint density at radius 1 is 1.24 bits per heavy atom. The molecule has 0 radical (unpaired) electrons. The number of hydrogen-bond acceptors (Lipinski definition) is 4. The normalized spacial score (nSPS) is 11.5. The van der Waals surface area contributed by atoms with Crippen LogP contribution in [0.4, 0.5) is 0 Å². The van der Waals surface area contributed by atoms with Crippen LogP contribution >= 0.6 is 11.6 Å². The fraction of sp³-hybridized carbons (Fsp3) is 0.263. The second-order valence-electron chi connectivity index (χ2n) is 6.56. The SMILES string of the molecule is CC(C)(C)c1ccc(OCC(=O)N/N=C\c2cc(Cl)ccc2O)cc1. The number of rotatable bonds is 5. The molecule has 1 amide bonds. The van der Waals surface area contributed by atoms with Gasteiger partial charge in [0.1, 0.15) is 11.5 Å². The van der Waals surface area contributed by atoms with Crippen LogP contribution in [0.3, 0.4) is 0 Å². The van der Waals surface area contributed by atoms with Gasteiger partial charge in [-0.15, -0.1) is 0 Å². The molecule has 0 saturated carbocycles. The number of aromatic hydroxyl groups is 1. The number of carbonyl (C=O) groups is 1. The van der Waals surface area contributed by atoms with Crippen molar-refractivity contribution in [2.24, 2.45) is 5.10 Å². The zero-order chi connectivity index (χ0) is 18.4. The number of halogens is 1. The fourth-order valence-electron chi connectivity index (χ4n) is 2.03. The quantitative estimate of drug-likeness (QED) is 0.628. The van der Waals surface area contributed by atoms with Crippen molar-refractivity contribution >= 4 is 23.7 Å². The number of nitrogens with zero attached hydrogens (tertiary/aromatic N) is 1. The van der Waals surface area contributed by atoms with Crippen LogP contribution < -0.4 is 10.2 Å². The molecule has 132 valence electrons. The Hall–Kier alpha value is -2.53. The third kappa shape index (κ3) is 5.80. The van der Waals surface area contributed by atoms with E-state index in [9.17, 15) is 9.90 Å². The molecule has 0 aliphatic rings. The predicted octanol–water partition coefficient (Wildman–Crippen LogP) is 3.87. The summed E-state index contributed by atoms with van der Waals surface area (Å²) in [6.07, 6.45) is 1.32. The predicted molar refractivity (Wildman–Crippen MR) is 99.5 cm³/mol. The van der Waals surface area contributed by atoms with Gasteiger partial charge < -0.3 is 9.84 Å². The summed E-state index contributed by atoms with van der Waals surface area (Å²) in [5.41, 5.74) is 4.00. The van der Waals surface area contributed by atoms with E-state index in [0.29, 0.717) is 16.3 Å². The van der Waals surface area contributed by atoms with Crippen LogP contribution in [0.5, 0.6) is 11.5 Å². The molecule has 2 rings (SSSR count). The lowest BCUT2D eigenvalue weighted by Gasteiger charge is -2.19. The van der Waals surface area contributed by atoms with Gasteiger partial charge in [-0.2, -0.15) is 5.10 Å². The molecular weight excluding hydrogens is 340 g/mol. The Kier molecular flexibility index (Phi) is 6.04. The topological polar surface area (TPSA) is 70.9 Å². The molecule has 0 saturated heterocycles. The van der Waals surface area contributed by atoms with Crippen LogP contribution in [0.15, 0.2) is 47.6 Å². The van der Waals surface area contributed by atoms with Crippen LogP contribution in [-0.4, -0.2) is 23.8 Å². The molecule has 2 aromatic carbocycles. The molecule has 0 atom stereocenters. The maximum absolute atomic E-state index is 11.7. The molecule has 6 heteroatoms. The Morgan fingerprint density at radius 2 is 1.92 bits per heavy atom. The Labute approximate surface area is 152 Å². The third-order valence-corrected chi connectivity index (χ3v) is 3.71. The summed E-state index contributed by atoms with van der Waals surface area (Å²) in [4.78, 5) is 11.7. The maximum Gasteiger partial charge on any atom is 0.277 e. The Morgan fingerprint density at radius 3 is 2.56 bits per heavy atom. The van der Waals surface area contributed by atoms with E-state index in [1.807, 2.05) is 24.3 Å². The number of hydrazone groups is 1. The molecule has 2 N–H and O–H groups in total. The number of ether oxygens (including phenoxy) is 1. The molecule has 25 heavy (non-hydrogen) atoms. The third-order valence-electron chi connectivity index (χ3n) is 3.47. The van der Waals surface area contributed by atoms with Gasteiger partial charge in [0.25, 0.3) is 5.91 Å². The van der Waals surface area contributed by atoms with E-state index in [-0.39, 0.29) is 17.8 Å². The number of amides is 1. The first-order chi connectivity index (χ1) is 11.8. The standard InChI is InChI=1S/C19H21ClN2O3/c1-19(2,3)14-4-7-16(8-5-14)25-12-18(24)22-21-11-13-10-15(20)6-9-17(13)23/h4-11,23H,12H2,1-3H3,(H,22,24)/b21-11-. The van der Waals surface area contributed by atoms with Crippen molar-refractivity contribution in [3.63, 3.8) is 0 Å². The van der Waals surface area contributed by atoms with Gasteiger partial charge in [0.2, 0.25) is 0 Å². The monoisotopic (exact) mass is 360 g/mol. The molecule has 0 unspecified atom stereocenters. The van der Waals surface area contributed by atoms with Crippen LogP contribution in [0, 0.1) is 0 Å². The summed E-state index contributed by atoms with van der Waals surface area (Å²) in [5.74, 6) is 0.231. The lowest BCUT2D eigenvalue weighted by Crippen LogP contribution is -2.24. The molecule has 0 spiro atoms. The molecule has 0 fully saturated rings. The van der Waals surface area contributed by atoms with Crippen molar-refractivity contribution in [1.29, 1.82) is 0 Å². The van der Waals surface area contributed by atoms with Crippen LogP contribution in [0.1, 0.15) is 31.9 Å². The van der Waals surface area contributed by atoms with Gasteiger partial charge in [-0.1, -0.05) is 44.5 Å². The highest BCUT2D eigenvalue weighted by molar-refractivity contribution is 6.30. The highest BCUT2D eigenvalue weighted by Crippen LogP contribution is 2.24. The first-order valence-corrected chi connectivity index (χ1v) is 8.17. The number of nitrogens with one attached hydrogen (secondary N) is 1. The fourth-order valence-corrected chi connectivity index (χ4v) is 2.22. The van der Waals surface area contributed by atoms with Gasteiger partial charge in [0, 0.05) is 10.6 Å². The zero-order valence-corrected chi connectivity index (χ0v) is 15.2. The van der Waals surface area contributed by atoms with Crippen molar-refractivity contribution in [3.05, 3.63) is 58.6 Å². The summed E-state index contributed by atoms with van der Waals surface area (Å²) in [7, 11) is 0. The van der Waals surface area contributed by atoms with E-state index in [1.165, 1.54) is 17.8 Å². The van der Waals surface area contributed by atoms with Crippen molar-refractivity contribution in [2.45, 2.75) is 26.2 Å². The molecule has 0 bridgehead atoms. The van der Waals surface area contributed by atoms with Crippen molar-refractivity contribution in [3.8, 4) is 11.5 Å². The van der Waals surface area contributed by atoms with E-state index in [2.05, 4.69) is 31.3 Å². The van der Waals surface area contributed by atoms with Gasteiger partial charge in [0.15, 0.2) is 6.61 Å². The highest BCUT2D eigenvalue weighted by atomic mass is 35.5. The van der Waals surface area contributed by atoms with Gasteiger partial charge in [-0.05, 0) is 41.3 Å². The summed E-state index contributed by atoms with van der Waals surface area (Å²) in [5, 5.41) is 13.9. The number of phenolic OH excluding ortho intramolecular Hbond substituents is 1. The maximum atomic E-state index is 11.7. The smallest absolute Gasteiger partial charge is 0.277 e. The van der Waals surface area contributed by atoms with Crippen molar-refractivity contribution in [1.82, 2.24) is 5.43 Å². The lowest BCUT2D eigenvalue weighted by atomic mass is 9.87. The van der Waals surface area contributed by atoms with E-state index in [4.69, 9.17) is 16.3 Å². The van der Waals surface area contributed by atoms with Gasteiger partial charge >= 0.3 is 0 Å². The Bertz CT molecular complexity index is 765. The van der Waals surface area contributed by atoms with Crippen molar-refractivity contribution in [2.75, 3.05) is 6.61 Å². The summed E-state index contributed by atoms with van der Waals surface area (Å²) in [6.45, 7) is 6.23.